The number of rotatable bonds is 11. The van der Waals surface area contributed by atoms with Crippen LogP contribution in [-0.2, 0) is 6.54 Å². The lowest BCUT2D eigenvalue weighted by atomic mass is 9.96. The van der Waals surface area contributed by atoms with Crippen LogP contribution in [0, 0.1) is 5.92 Å². The van der Waals surface area contributed by atoms with Crippen molar-refractivity contribution in [3.05, 3.63) is 29.8 Å². The highest BCUT2D eigenvalue weighted by atomic mass is 16.5. The van der Waals surface area contributed by atoms with E-state index >= 15 is 0 Å². The normalized spacial score (nSPS) is 16.4. The summed E-state index contributed by atoms with van der Waals surface area (Å²) in [7, 11) is 2.06. The van der Waals surface area contributed by atoms with Gasteiger partial charge in [-0.1, -0.05) is 44.7 Å². The number of hydrogen-bond donors (Lipinski definition) is 1. The van der Waals surface area contributed by atoms with E-state index in [1.165, 1.54) is 70.1 Å². The third-order valence-corrected chi connectivity index (χ3v) is 5.05. The Morgan fingerprint density at radius 3 is 2.42 bits per heavy atom. The van der Waals surface area contributed by atoms with Crippen LogP contribution in [0.4, 0.5) is 0 Å². The lowest BCUT2D eigenvalue weighted by Gasteiger charge is -2.31. The van der Waals surface area contributed by atoms with E-state index in [1.807, 2.05) is 0 Å². The van der Waals surface area contributed by atoms with Gasteiger partial charge in [-0.2, -0.15) is 0 Å². The average molecular weight is 333 g/mol. The Morgan fingerprint density at radius 1 is 1.04 bits per heavy atom. The summed E-state index contributed by atoms with van der Waals surface area (Å²) in [6, 6.07) is 8.72. The first kappa shape index (κ1) is 19.3. The number of nitrogens with one attached hydrogen (secondary N) is 1. The molecule has 1 fully saturated rings. The minimum atomic E-state index is 0.849. The van der Waals surface area contributed by atoms with Gasteiger partial charge in [-0.25, -0.2) is 0 Å². The first-order valence-electron chi connectivity index (χ1n) is 9.90. The van der Waals surface area contributed by atoms with Gasteiger partial charge >= 0.3 is 0 Å². The Labute approximate surface area is 148 Å². The van der Waals surface area contributed by atoms with E-state index in [0.717, 1.165) is 24.8 Å². The molecule has 136 valence electrons. The maximum Gasteiger partial charge on any atom is 0.119 e. The minimum Gasteiger partial charge on any atom is -0.494 e. The number of unbranched alkanes of at least 4 members (excludes halogenated alkanes) is 4. The van der Waals surface area contributed by atoms with Gasteiger partial charge in [0, 0.05) is 6.54 Å². The van der Waals surface area contributed by atoms with Crippen molar-refractivity contribution in [3.63, 3.8) is 0 Å². The molecule has 0 amide bonds. The van der Waals surface area contributed by atoms with Crippen LogP contribution in [0.15, 0.2) is 24.3 Å². The predicted octanol–water partition coefficient (Wildman–Crippen LogP) is 4.47. The number of piperidine rings is 1. The molecule has 0 unspecified atom stereocenters. The molecule has 1 aliphatic heterocycles. The zero-order chi connectivity index (χ0) is 17.0. The van der Waals surface area contributed by atoms with Crippen LogP contribution >= 0.6 is 0 Å². The fraction of sp³-hybridized carbons (Fsp3) is 0.714. The molecule has 1 saturated heterocycles. The van der Waals surface area contributed by atoms with E-state index in [9.17, 15) is 0 Å². The third kappa shape index (κ3) is 7.23. The van der Waals surface area contributed by atoms with E-state index < -0.39 is 0 Å². The second kappa shape index (κ2) is 11.5. The van der Waals surface area contributed by atoms with Crippen molar-refractivity contribution < 1.29 is 4.74 Å². The number of hydrogen-bond acceptors (Lipinski definition) is 3. The molecule has 0 aliphatic carbocycles. The molecule has 0 aromatic heterocycles. The topological polar surface area (TPSA) is 24.5 Å². The first-order valence-corrected chi connectivity index (χ1v) is 9.90. The van der Waals surface area contributed by atoms with Crippen LogP contribution in [0.1, 0.15) is 57.4 Å². The Balaban J connectivity index is 1.63. The monoisotopic (exact) mass is 332 g/mol. The lowest BCUT2D eigenvalue weighted by molar-refractivity contribution is 0.176. The SMILES string of the molecule is CCCCCCCOc1ccc(CN2CCC(CNC)CC2)cc1. The van der Waals surface area contributed by atoms with Gasteiger partial charge in [0.05, 0.1) is 6.61 Å². The maximum atomic E-state index is 5.85. The van der Waals surface area contributed by atoms with Crippen molar-refractivity contribution in [1.29, 1.82) is 0 Å². The van der Waals surface area contributed by atoms with Crippen molar-refractivity contribution in [1.82, 2.24) is 10.2 Å². The second-order valence-electron chi connectivity index (χ2n) is 7.18. The highest BCUT2D eigenvalue weighted by molar-refractivity contribution is 5.27. The second-order valence-corrected chi connectivity index (χ2v) is 7.18. The smallest absolute Gasteiger partial charge is 0.119 e. The Hall–Kier alpha value is -1.06. The van der Waals surface area contributed by atoms with Gasteiger partial charge in [-0.15, -0.1) is 0 Å². The van der Waals surface area contributed by atoms with Crippen LogP contribution in [0.3, 0.4) is 0 Å². The Kier molecular flexibility index (Phi) is 9.22. The van der Waals surface area contributed by atoms with Crippen molar-refractivity contribution >= 4 is 0 Å². The summed E-state index contributed by atoms with van der Waals surface area (Å²) in [5.74, 6) is 1.88. The molecule has 2 rings (SSSR count). The third-order valence-electron chi connectivity index (χ3n) is 5.05. The van der Waals surface area contributed by atoms with Crippen LogP contribution in [0.5, 0.6) is 5.75 Å². The minimum absolute atomic E-state index is 0.849. The van der Waals surface area contributed by atoms with E-state index in [-0.39, 0.29) is 0 Å². The van der Waals surface area contributed by atoms with E-state index in [1.54, 1.807) is 0 Å². The molecule has 1 aliphatic rings. The number of nitrogens with zero attached hydrogens (tertiary/aromatic N) is 1. The van der Waals surface area contributed by atoms with Crippen LogP contribution in [0.25, 0.3) is 0 Å². The molecular formula is C21H36N2O. The molecule has 3 nitrogen and oxygen atoms in total. The number of ether oxygens (including phenoxy) is 1. The highest BCUT2D eigenvalue weighted by Gasteiger charge is 2.18. The zero-order valence-corrected chi connectivity index (χ0v) is 15.7. The van der Waals surface area contributed by atoms with Gasteiger partial charge in [0.25, 0.3) is 0 Å². The van der Waals surface area contributed by atoms with Crippen molar-refractivity contribution in [2.75, 3.05) is 33.3 Å². The molecule has 1 heterocycles. The van der Waals surface area contributed by atoms with Crippen molar-refractivity contribution in [2.45, 2.75) is 58.4 Å². The molecule has 0 bridgehead atoms. The molecule has 0 saturated carbocycles. The fourth-order valence-electron chi connectivity index (χ4n) is 3.48. The van der Waals surface area contributed by atoms with Gasteiger partial charge in [0.2, 0.25) is 0 Å². The summed E-state index contributed by atoms with van der Waals surface area (Å²) in [6.45, 7) is 7.79. The molecule has 0 radical (unpaired) electrons. The van der Waals surface area contributed by atoms with Crippen molar-refractivity contribution in [3.8, 4) is 5.75 Å². The van der Waals surface area contributed by atoms with E-state index in [2.05, 4.69) is 48.5 Å². The molecule has 1 aromatic rings. The van der Waals surface area contributed by atoms with Crippen LogP contribution in [-0.4, -0.2) is 38.2 Å². The Bertz CT molecular complexity index is 424. The standard InChI is InChI=1S/C21H36N2O/c1-3-4-5-6-7-16-24-21-10-8-20(9-11-21)18-23-14-12-19(13-15-23)17-22-2/h8-11,19,22H,3-7,12-18H2,1-2H3. The lowest BCUT2D eigenvalue weighted by Crippen LogP contribution is -2.36. The largest absolute Gasteiger partial charge is 0.494 e. The summed E-state index contributed by atoms with van der Waals surface area (Å²) < 4.78 is 5.85. The molecule has 1 N–H and O–H groups in total. The summed E-state index contributed by atoms with van der Waals surface area (Å²) in [5, 5.41) is 3.31. The van der Waals surface area contributed by atoms with Crippen molar-refractivity contribution in [2.24, 2.45) is 5.92 Å². The molecule has 1 aromatic carbocycles. The number of likely N-dealkylation sites (tertiary alicyclic amines) is 1. The highest BCUT2D eigenvalue weighted by Crippen LogP contribution is 2.20. The van der Waals surface area contributed by atoms with Gasteiger partial charge in [0.15, 0.2) is 0 Å². The maximum absolute atomic E-state index is 5.85. The fourth-order valence-corrected chi connectivity index (χ4v) is 3.48. The Morgan fingerprint density at radius 2 is 1.75 bits per heavy atom. The van der Waals surface area contributed by atoms with E-state index in [0.29, 0.717) is 0 Å². The zero-order valence-electron chi connectivity index (χ0n) is 15.7. The molecule has 0 spiro atoms. The van der Waals surface area contributed by atoms with Crippen LogP contribution < -0.4 is 10.1 Å². The van der Waals surface area contributed by atoms with Gasteiger partial charge in [0.1, 0.15) is 5.75 Å². The summed E-state index contributed by atoms with van der Waals surface area (Å²) in [4.78, 5) is 2.58. The first-order chi connectivity index (χ1) is 11.8. The predicted molar refractivity (Wildman–Crippen MR) is 103 cm³/mol. The van der Waals surface area contributed by atoms with Gasteiger partial charge in [-0.3, -0.25) is 4.90 Å². The van der Waals surface area contributed by atoms with Gasteiger partial charge < -0.3 is 10.1 Å². The molecule has 24 heavy (non-hydrogen) atoms. The summed E-state index contributed by atoms with van der Waals surface area (Å²) in [5.41, 5.74) is 1.40. The van der Waals surface area contributed by atoms with E-state index in [4.69, 9.17) is 4.74 Å². The summed E-state index contributed by atoms with van der Waals surface area (Å²) in [6.07, 6.45) is 9.08. The quantitative estimate of drug-likeness (QED) is 0.605. The molecule has 0 atom stereocenters. The number of benzene rings is 1. The van der Waals surface area contributed by atoms with Crippen LogP contribution in [0.2, 0.25) is 0 Å². The average Bonchev–Trinajstić information content (AvgIpc) is 2.61. The molecule has 3 heteroatoms. The van der Waals surface area contributed by atoms with Gasteiger partial charge in [-0.05, 0) is 69.6 Å². The summed E-state index contributed by atoms with van der Waals surface area (Å²) >= 11 is 0. The molecular weight excluding hydrogens is 296 g/mol.